The van der Waals surface area contributed by atoms with Crippen molar-refractivity contribution in [2.45, 2.75) is 20.8 Å². The van der Waals surface area contributed by atoms with Crippen LogP contribution in [0.25, 0.3) is 6.08 Å². The van der Waals surface area contributed by atoms with Gasteiger partial charge in [0.15, 0.2) is 11.5 Å². The smallest absolute Gasteiger partial charge is 0.294 e. The molecule has 1 N–H and O–H groups in total. The van der Waals surface area contributed by atoms with Gasteiger partial charge in [0.25, 0.3) is 11.1 Å². The number of nitrogens with zero attached hydrogens (tertiary/aromatic N) is 1. The van der Waals surface area contributed by atoms with Crippen molar-refractivity contribution in [2.24, 2.45) is 0 Å². The van der Waals surface area contributed by atoms with Gasteiger partial charge in [-0.25, -0.2) is 0 Å². The predicted octanol–water partition coefficient (Wildman–Crippen LogP) is 4.99. The van der Waals surface area contributed by atoms with Crippen molar-refractivity contribution in [3.8, 4) is 11.5 Å². The van der Waals surface area contributed by atoms with E-state index >= 15 is 0 Å². The highest BCUT2D eigenvalue weighted by atomic mass is 127. The lowest BCUT2D eigenvalue weighted by Gasteiger charge is -2.14. The number of benzene rings is 2. The van der Waals surface area contributed by atoms with E-state index in [0.29, 0.717) is 29.4 Å². The molecular weight excluding hydrogens is 543 g/mol. The van der Waals surface area contributed by atoms with Crippen LogP contribution >= 0.6 is 34.4 Å². The van der Waals surface area contributed by atoms with E-state index in [0.717, 1.165) is 31.4 Å². The largest absolute Gasteiger partial charge is 0.492 e. The quantitative estimate of drug-likeness (QED) is 0.376. The van der Waals surface area contributed by atoms with Crippen LogP contribution in [0.15, 0.2) is 35.2 Å². The molecule has 3 rings (SSSR count). The standard InChI is InChI=1S/C23H23IN2O5S/c1-5-31-18-10-15(9-16(24)21(18)30-4)11-19-22(28)26(23(29)32-19)12-20(27)25-17-7-6-13(2)8-14(17)3/h6-11H,5,12H2,1-4H3,(H,25,27)/b19-11+. The van der Waals surface area contributed by atoms with Crippen LogP contribution in [0.1, 0.15) is 23.6 Å². The lowest BCUT2D eigenvalue weighted by atomic mass is 10.1. The number of amides is 3. The molecule has 0 spiro atoms. The summed E-state index contributed by atoms with van der Waals surface area (Å²) in [5.74, 6) is 0.235. The van der Waals surface area contributed by atoms with Crippen LogP contribution < -0.4 is 14.8 Å². The van der Waals surface area contributed by atoms with Crippen LogP contribution in [0.4, 0.5) is 10.5 Å². The lowest BCUT2D eigenvalue weighted by molar-refractivity contribution is -0.127. The highest BCUT2D eigenvalue weighted by molar-refractivity contribution is 14.1. The zero-order valence-corrected chi connectivity index (χ0v) is 21.1. The van der Waals surface area contributed by atoms with E-state index in [4.69, 9.17) is 9.47 Å². The Morgan fingerprint density at radius 3 is 2.62 bits per heavy atom. The lowest BCUT2D eigenvalue weighted by Crippen LogP contribution is -2.36. The second kappa shape index (κ2) is 10.4. The zero-order valence-electron chi connectivity index (χ0n) is 18.2. The second-order valence-corrected chi connectivity index (χ2v) is 9.26. The first-order chi connectivity index (χ1) is 15.2. The number of carbonyl (C=O) groups excluding carboxylic acids is 3. The van der Waals surface area contributed by atoms with Crippen LogP contribution in [0.5, 0.6) is 11.5 Å². The van der Waals surface area contributed by atoms with E-state index in [1.54, 1.807) is 25.3 Å². The highest BCUT2D eigenvalue weighted by Gasteiger charge is 2.36. The van der Waals surface area contributed by atoms with E-state index in [1.165, 1.54) is 0 Å². The van der Waals surface area contributed by atoms with Gasteiger partial charge in [0, 0.05) is 5.69 Å². The summed E-state index contributed by atoms with van der Waals surface area (Å²) in [6.45, 7) is 5.83. The molecule has 32 heavy (non-hydrogen) atoms. The minimum atomic E-state index is -0.500. The number of anilines is 1. The summed E-state index contributed by atoms with van der Waals surface area (Å²) in [7, 11) is 1.56. The molecule has 7 nitrogen and oxygen atoms in total. The summed E-state index contributed by atoms with van der Waals surface area (Å²) in [4.78, 5) is 38.9. The molecular formula is C23H23IN2O5S. The molecule has 0 bridgehead atoms. The highest BCUT2D eigenvalue weighted by Crippen LogP contribution is 2.37. The molecule has 2 aromatic carbocycles. The minimum Gasteiger partial charge on any atom is -0.492 e. The second-order valence-electron chi connectivity index (χ2n) is 7.10. The Balaban J connectivity index is 1.77. The van der Waals surface area contributed by atoms with Gasteiger partial charge in [-0.05, 0) is 90.5 Å². The van der Waals surface area contributed by atoms with E-state index in [1.807, 2.05) is 39.0 Å². The number of nitrogens with one attached hydrogen (secondary N) is 1. The maximum atomic E-state index is 12.8. The molecule has 0 unspecified atom stereocenters. The summed E-state index contributed by atoms with van der Waals surface area (Å²) in [6.07, 6.45) is 1.62. The topological polar surface area (TPSA) is 84.9 Å². The summed E-state index contributed by atoms with van der Waals surface area (Å²) < 4.78 is 11.8. The van der Waals surface area contributed by atoms with E-state index in [9.17, 15) is 14.4 Å². The summed E-state index contributed by atoms with van der Waals surface area (Å²) in [5, 5.41) is 2.29. The number of thioether (sulfide) groups is 1. The van der Waals surface area contributed by atoms with E-state index in [2.05, 4.69) is 27.9 Å². The normalized spacial score (nSPS) is 14.8. The maximum Gasteiger partial charge on any atom is 0.294 e. The number of hydrogen-bond acceptors (Lipinski definition) is 6. The van der Waals surface area contributed by atoms with Crippen molar-refractivity contribution in [1.82, 2.24) is 4.90 Å². The SMILES string of the molecule is CCOc1cc(/C=C2/SC(=O)N(CC(=O)Nc3ccc(C)cc3C)C2=O)cc(I)c1OC. The average Bonchev–Trinajstić information content (AvgIpc) is 2.97. The number of carbonyl (C=O) groups is 3. The number of methoxy groups -OCH3 is 1. The minimum absolute atomic E-state index is 0.248. The molecule has 1 heterocycles. The fourth-order valence-electron chi connectivity index (χ4n) is 3.21. The number of rotatable bonds is 7. The Kier molecular flexibility index (Phi) is 7.83. The molecule has 0 aliphatic carbocycles. The first kappa shape index (κ1) is 24.1. The number of hydrogen-bond donors (Lipinski definition) is 1. The van der Waals surface area contributed by atoms with Gasteiger partial charge in [-0.15, -0.1) is 0 Å². The van der Waals surface area contributed by atoms with Gasteiger partial charge in [-0.3, -0.25) is 19.3 Å². The third-order valence-corrected chi connectivity index (χ3v) is 6.37. The van der Waals surface area contributed by atoms with Gasteiger partial charge >= 0.3 is 0 Å². The van der Waals surface area contributed by atoms with Crippen molar-refractivity contribution in [1.29, 1.82) is 0 Å². The Hall–Kier alpha value is -2.53. The van der Waals surface area contributed by atoms with Crippen molar-refractivity contribution in [2.75, 3.05) is 25.6 Å². The van der Waals surface area contributed by atoms with Gasteiger partial charge in [0.05, 0.1) is 22.2 Å². The van der Waals surface area contributed by atoms with Gasteiger partial charge < -0.3 is 14.8 Å². The Morgan fingerprint density at radius 1 is 1.22 bits per heavy atom. The number of aryl methyl sites for hydroxylation is 2. The summed E-state index contributed by atoms with van der Waals surface area (Å²) >= 11 is 2.94. The number of halogens is 1. The Morgan fingerprint density at radius 2 is 1.97 bits per heavy atom. The zero-order chi connectivity index (χ0) is 23.4. The third-order valence-electron chi connectivity index (χ3n) is 4.66. The Labute approximate surface area is 204 Å². The molecule has 0 radical (unpaired) electrons. The monoisotopic (exact) mass is 566 g/mol. The Bertz CT molecular complexity index is 1120. The van der Waals surface area contributed by atoms with Crippen LogP contribution in [-0.4, -0.2) is 42.2 Å². The molecule has 1 aliphatic heterocycles. The first-order valence-corrected chi connectivity index (χ1v) is 11.8. The third kappa shape index (κ3) is 5.44. The molecule has 3 amide bonds. The molecule has 168 valence electrons. The van der Waals surface area contributed by atoms with Gasteiger partial charge in [-0.1, -0.05) is 17.7 Å². The molecule has 2 aromatic rings. The molecule has 1 fully saturated rings. The molecule has 9 heteroatoms. The fraction of sp³-hybridized carbons (Fsp3) is 0.261. The molecule has 0 saturated carbocycles. The van der Waals surface area contributed by atoms with Gasteiger partial charge in [0.2, 0.25) is 5.91 Å². The number of ether oxygens (including phenoxy) is 2. The van der Waals surface area contributed by atoms with E-state index < -0.39 is 17.1 Å². The van der Waals surface area contributed by atoms with Crippen LogP contribution in [-0.2, 0) is 9.59 Å². The average molecular weight is 566 g/mol. The fourth-order valence-corrected chi connectivity index (χ4v) is 4.89. The number of imide groups is 1. The van der Waals surface area contributed by atoms with Crippen molar-refractivity contribution < 1.29 is 23.9 Å². The first-order valence-electron chi connectivity index (χ1n) is 9.86. The predicted molar refractivity (Wildman–Crippen MR) is 134 cm³/mol. The maximum absolute atomic E-state index is 12.8. The van der Waals surface area contributed by atoms with Crippen LogP contribution in [0, 0.1) is 17.4 Å². The molecule has 1 aliphatic rings. The molecule has 0 aromatic heterocycles. The van der Waals surface area contributed by atoms with E-state index in [-0.39, 0.29) is 11.4 Å². The van der Waals surface area contributed by atoms with Crippen LogP contribution in [0.3, 0.4) is 0 Å². The van der Waals surface area contributed by atoms with Gasteiger partial charge in [0.1, 0.15) is 6.54 Å². The van der Waals surface area contributed by atoms with Gasteiger partial charge in [-0.2, -0.15) is 0 Å². The molecule has 1 saturated heterocycles. The van der Waals surface area contributed by atoms with Crippen LogP contribution in [0.2, 0.25) is 0 Å². The van der Waals surface area contributed by atoms with Crippen molar-refractivity contribution in [3.63, 3.8) is 0 Å². The summed E-state index contributed by atoms with van der Waals surface area (Å²) in [5.41, 5.74) is 3.34. The molecule has 0 atom stereocenters. The van der Waals surface area contributed by atoms with Crippen molar-refractivity contribution in [3.05, 3.63) is 55.5 Å². The summed E-state index contributed by atoms with van der Waals surface area (Å²) in [6, 6.07) is 9.23. The van der Waals surface area contributed by atoms with Crippen molar-refractivity contribution >= 4 is 63.2 Å².